The predicted octanol–water partition coefficient (Wildman–Crippen LogP) is 5.13. The fourth-order valence-electron chi connectivity index (χ4n) is 3.58. The zero-order chi connectivity index (χ0) is 21.2. The first-order valence-corrected chi connectivity index (χ1v) is 11.9. The predicted molar refractivity (Wildman–Crippen MR) is 118 cm³/mol. The van der Waals surface area contributed by atoms with Crippen LogP contribution < -0.4 is 4.90 Å². The highest BCUT2D eigenvalue weighted by Crippen LogP contribution is 2.42. The smallest absolute Gasteiger partial charge is 0.342 e. The molecule has 2 aliphatic rings. The number of alkyl halides is 1. The van der Waals surface area contributed by atoms with E-state index in [1.54, 1.807) is 24.2 Å². The van der Waals surface area contributed by atoms with Gasteiger partial charge in [-0.3, -0.25) is 9.10 Å². The number of nitrogens with zero attached hydrogens (tertiary/aromatic N) is 3. The number of urea groups is 1. The van der Waals surface area contributed by atoms with Crippen LogP contribution in [0.5, 0.6) is 0 Å². The first-order valence-electron chi connectivity index (χ1n) is 9.52. The number of carbonyl (C=O) groups excluding carboxylic acids is 2. The molecule has 0 aromatic heterocycles. The van der Waals surface area contributed by atoms with Crippen LogP contribution in [0.3, 0.4) is 0 Å². The second-order valence-electron chi connectivity index (χ2n) is 7.62. The summed E-state index contributed by atoms with van der Waals surface area (Å²) in [6, 6.07) is 6.21. The minimum atomic E-state index is -0.967. The van der Waals surface area contributed by atoms with Gasteiger partial charge in [-0.15, -0.1) is 0 Å². The normalized spacial score (nSPS) is 24.1. The SMILES string of the molecule is CC1(C)C(=O)N(c2ccc(C#N)c(Cl)c2)C(=O)N1SC1CCC(OCCBr)CC1. The molecule has 1 saturated carbocycles. The van der Waals surface area contributed by atoms with Gasteiger partial charge in [0.1, 0.15) is 11.6 Å². The number of ether oxygens (including phenoxy) is 1. The number of nitriles is 1. The zero-order valence-corrected chi connectivity index (χ0v) is 19.5. The molecule has 2 fully saturated rings. The van der Waals surface area contributed by atoms with E-state index >= 15 is 0 Å². The van der Waals surface area contributed by atoms with Crippen LogP contribution in [0, 0.1) is 11.3 Å². The topological polar surface area (TPSA) is 73.6 Å². The molecule has 0 bridgehead atoms. The van der Waals surface area contributed by atoms with E-state index in [-0.39, 0.29) is 28.3 Å². The van der Waals surface area contributed by atoms with Gasteiger partial charge in [-0.05, 0) is 69.7 Å². The van der Waals surface area contributed by atoms with Crippen LogP contribution >= 0.6 is 39.5 Å². The van der Waals surface area contributed by atoms with Gasteiger partial charge >= 0.3 is 6.03 Å². The number of benzene rings is 1. The maximum atomic E-state index is 13.1. The van der Waals surface area contributed by atoms with Gasteiger partial charge in [0.15, 0.2) is 0 Å². The Labute approximate surface area is 188 Å². The van der Waals surface area contributed by atoms with Crippen LogP contribution in [0.1, 0.15) is 45.1 Å². The molecule has 0 atom stereocenters. The van der Waals surface area contributed by atoms with Gasteiger partial charge in [-0.25, -0.2) is 9.69 Å². The summed E-state index contributed by atoms with van der Waals surface area (Å²) in [5.41, 5.74) is -0.281. The van der Waals surface area contributed by atoms with Crippen LogP contribution in [-0.4, -0.2) is 45.1 Å². The number of carbonyl (C=O) groups is 2. The molecule has 1 aliphatic heterocycles. The summed E-state index contributed by atoms with van der Waals surface area (Å²) in [5, 5.41) is 10.4. The molecule has 1 aromatic rings. The van der Waals surface area contributed by atoms with Gasteiger partial charge in [-0.1, -0.05) is 27.5 Å². The average molecular weight is 501 g/mol. The third-order valence-electron chi connectivity index (χ3n) is 5.24. The largest absolute Gasteiger partial charge is 0.377 e. The molecular formula is C20H23BrClN3O3S. The lowest BCUT2D eigenvalue weighted by molar-refractivity contribution is -0.122. The van der Waals surface area contributed by atoms with Gasteiger partial charge in [-0.2, -0.15) is 5.26 Å². The highest BCUT2D eigenvalue weighted by atomic mass is 79.9. The van der Waals surface area contributed by atoms with Crippen molar-refractivity contribution in [3.05, 3.63) is 28.8 Å². The summed E-state index contributed by atoms with van der Waals surface area (Å²) in [5.74, 6) is -0.301. The van der Waals surface area contributed by atoms with Crippen LogP contribution in [-0.2, 0) is 9.53 Å². The number of anilines is 1. The molecule has 0 radical (unpaired) electrons. The molecule has 3 rings (SSSR count). The molecule has 1 aliphatic carbocycles. The maximum absolute atomic E-state index is 13.1. The third kappa shape index (κ3) is 4.58. The Hall–Kier alpha value is -1.27. The molecule has 9 heteroatoms. The molecule has 3 amide bonds. The molecule has 6 nitrogen and oxygen atoms in total. The van der Waals surface area contributed by atoms with Crippen molar-refractivity contribution in [1.29, 1.82) is 5.26 Å². The zero-order valence-electron chi connectivity index (χ0n) is 16.4. The van der Waals surface area contributed by atoms with Crippen molar-refractivity contribution < 1.29 is 14.3 Å². The minimum absolute atomic E-state index is 0.219. The molecule has 1 heterocycles. The van der Waals surface area contributed by atoms with Crippen molar-refractivity contribution in [2.24, 2.45) is 0 Å². The van der Waals surface area contributed by atoms with Gasteiger partial charge in [0.05, 0.1) is 29.0 Å². The maximum Gasteiger partial charge on any atom is 0.342 e. The van der Waals surface area contributed by atoms with Gasteiger partial charge < -0.3 is 4.74 Å². The van der Waals surface area contributed by atoms with E-state index in [0.29, 0.717) is 17.9 Å². The van der Waals surface area contributed by atoms with E-state index in [1.807, 2.05) is 6.07 Å². The Morgan fingerprint density at radius 2 is 2.00 bits per heavy atom. The van der Waals surface area contributed by atoms with E-state index in [1.165, 1.54) is 24.1 Å². The Bertz CT molecular complexity index is 837. The minimum Gasteiger partial charge on any atom is -0.377 e. The Balaban J connectivity index is 1.72. The van der Waals surface area contributed by atoms with E-state index < -0.39 is 5.54 Å². The molecule has 0 N–H and O–H groups in total. The number of imide groups is 1. The summed E-state index contributed by atoms with van der Waals surface area (Å²) in [4.78, 5) is 27.4. The Morgan fingerprint density at radius 1 is 1.31 bits per heavy atom. The highest BCUT2D eigenvalue weighted by molar-refractivity contribution is 9.09. The summed E-state index contributed by atoms with van der Waals surface area (Å²) in [7, 11) is 0. The van der Waals surface area contributed by atoms with Crippen molar-refractivity contribution in [1.82, 2.24) is 4.31 Å². The fourth-order valence-corrected chi connectivity index (χ4v) is 5.28. The van der Waals surface area contributed by atoms with E-state index in [0.717, 1.165) is 35.9 Å². The number of rotatable bonds is 6. The standard InChI is InChI=1S/C20H23BrClN3O3S/c1-20(2)18(26)24(14-4-3-13(12-23)17(22)11-14)19(27)25(20)29-16-7-5-15(6-8-16)28-10-9-21/h3-4,11,15-16H,5-10H2,1-2H3. The number of hydrogen-bond acceptors (Lipinski definition) is 5. The average Bonchev–Trinajstić information content (AvgIpc) is 2.87. The second-order valence-corrected chi connectivity index (χ2v) is 10.1. The molecule has 29 heavy (non-hydrogen) atoms. The first-order chi connectivity index (χ1) is 13.8. The molecule has 1 aromatic carbocycles. The summed E-state index contributed by atoms with van der Waals surface area (Å²) < 4.78 is 7.39. The monoisotopic (exact) mass is 499 g/mol. The summed E-state index contributed by atoms with van der Waals surface area (Å²) >= 11 is 10.9. The number of amides is 3. The summed E-state index contributed by atoms with van der Waals surface area (Å²) in [6.45, 7) is 4.23. The van der Waals surface area contributed by atoms with Crippen LogP contribution in [0.4, 0.5) is 10.5 Å². The van der Waals surface area contributed by atoms with E-state index in [2.05, 4.69) is 15.9 Å². The quantitative estimate of drug-likeness (QED) is 0.307. The highest BCUT2D eigenvalue weighted by Gasteiger charge is 2.53. The fraction of sp³-hybridized carbons (Fsp3) is 0.550. The Morgan fingerprint density at radius 3 is 2.59 bits per heavy atom. The van der Waals surface area contributed by atoms with Crippen LogP contribution in [0.15, 0.2) is 18.2 Å². The molecular weight excluding hydrogens is 478 g/mol. The lowest BCUT2D eigenvalue weighted by atomic mass is 9.97. The molecule has 1 saturated heterocycles. The second kappa shape index (κ2) is 9.25. The van der Waals surface area contributed by atoms with Crippen LogP contribution in [0.25, 0.3) is 0 Å². The van der Waals surface area contributed by atoms with Gasteiger partial charge in [0, 0.05) is 10.6 Å². The molecule has 0 spiro atoms. The lowest BCUT2D eigenvalue weighted by Crippen LogP contribution is -2.41. The van der Waals surface area contributed by atoms with Crippen LogP contribution in [0.2, 0.25) is 5.02 Å². The van der Waals surface area contributed by atoms with Crippen molar-refractivity contribution in [2.45, 2.75) is 56.4 Å². The van der Waals surface area contributed by atoms with E-state index in [4.69, 9.17) is 21.6 Å². The first kappa shape index (κ1) is 22.4. The number of halogens is 2. The Kier molecular flexibility index (Phi) is 7.15. The van der Waals surface area contributed by atoms with Crippen molar-refractivity contribution in [2.75, 3.05) is 16.8 Å². The van der Waals surface area contributed by atoms with E-state index in [9.17, 15) is 9.59 Å². The van der Waals surface area contributed by atoms with Gasteiger partial charge in [0.25, 0.3) is 5.91 Å². The molecule has 0 unspecified atom stereocenters. The van der Waals surface area contributed by atoms with Crippen molar-refractivity contribution in [3.63, 3.8) is 0 Å². The lowest BCUT2D eigenvalue weighted by Gasteiger charge is -2.33. The van der Waals surface area contributed by atoms with Gasteiger partial charge in [0.2, 0.25) is 0 Å². The molecule has 156 valence electrons. The van der Waals surface area contributed by atoms with Crippen molar-refractivity contribution in [3.8, 4) is 6.07 Å². The van der Waals surface area contributed by atoms with Crippen molar-refractivity contribution >= 4 is 57.1 Å². The summed E-state index contributed by atoms with van der Waals surface area (Å²) in [6.07, 6.45) is 4.06. The third-order valence-corrected chi connectivity index (χ3v) is 7.47. The number of hydrogen-bond donors (Lipinski definition) is 0.